The summed E-state index contributed by atoms with van der Waals surface area (Å²) in [7, 11) is 0. The van der Waals surface area contributed by atoms with E-state index >= 15 is 0 Å². The molecule has 9 heteroatoms. The molecule has 33 heavy (non-hydrogen) atoms. The number of amides is 2. The van der Waals surface area contributed by atoms with E-state index in [1.807, 2.05) is 0 Å². The van der Waals surface area contributed by atoms with Crippen molar-refractivity contribution in [1.29, 1.82) is 0 Å². The lowest BCUT2D eigenvalue weighted by atomic mass is 10.0. The zero-order valence-corrected chi connectivity index (χ0v) is 18.0. The number of aryl methyl sites for hydroxylation is 1. The average Bonchev–Trinajstić information content (AvgIpc) is 2.84. The van der Waals surface area contributed by atoms with Crippen LogP contribution in [0.25, 0.3) is 5.69 Å². The molecule has 0 aliphatic carbocycles. The fourth-order valence-electron chi connectivity index (χ4n) is 3.67. The van der Waals surface area contributed by atoms with Gasteiger partial charge >= 0.3 is 0 Å². The zero-order valence-electron chi connectivity index (χ0n) is 18.0. The van der Waals surface area contributed by atoms with Crippen LogP contribution in [0.15, 0.2) is 65.5 Å². The van der Waals surface area contributed by atoms with E-state index in [0.717, 1.165) is 0 Å². The van der Waals surface area contributed by atoms with Gasteiger partial charge in [-0.15, -0.1) is 0 Å². The Morgan fingerprint density at radius 3 is 2.42 bits per heavy atom. The maximum atomic E-state index is 14.3. The second kappa shape index (κ2) is 9.74. The van der Waals surface area contributed by atoms with Crippen molar-refractivity contribution in [1.82, 2.24) is 20.0 Å². The Morgan fingerprint density at radius 1 is 1.06 bits per heavy atom. The molecule has 1 aliphatic heterocycles. The number of para-hydroxylation sites is 1. The van der Waals surface area contributed by atoms with Crippen LogP contribution < -0.4 is 10.7 Å². The SMILES string of the molecule is Cc1cc(=O)c(C(=O)N[C@@H](C(=O)N2CCOCC2)c2ccccc2)nn1-c1ccccc1F. The Morgan fingerprint density at radius 2 is 1.73 bits per heavy atom. The summed E-state index contributed by atoms with van der Waals surface area (Å²) < 4.78 is 20.8. The van der Waals surface area contributed by atoms with E-state index in [9.17, 15) is 18.8 Å². The maximum Gasteiger partial charge on any atom is 0.276 e. The highest BCUT2D eigenvalue weighted by Crippen LogP contribution is 2.18. The minimum Gasteiger partial charge on any atom is -0.378 e. The number of rotatable bonds is 5. The van der Waals surface area contributed by atoms with Gasteiger partial charge < -0.3 is 15.0 Å². The number of hydrogen-bond acceptors (Lipinski definition) is 5. The number of ether oxygens (including phenoxy) is 1. The number of nitrogens with one attached hydrogen (secondary N) is 1. The predicted molar refractivity (Wildman–Crippen MR) is 119 cm³/mol. The first-order valence-corrected chi connectivity index (χ1v) is 10.5. The molecule has 4 rings (SSSR count). The number of nitrogens with zero attached hydrogens (tertiary/aromatic N) is 3. The summed E-state index contributed by atoms with van der Waals surface area (Å²) in [5, 5.41) is 6.79. The van der Waals surface area contributed by atoms with Crippen LogP contribution in [0.1, 0.15) is 27.8 Å². The van der Waals surface area contributed by atoms with Crippen LogP contribution >= 0.6 is 0 Å². The molecule has 2 amide bonds. The van der Waals surface area contributed by atoms with Gasteiger partial charge in [-0.1, -0.05) is 42.5 Å². The number of hydrogen-bond donors (Lipinski definition) is 1. The van der Waals surface area contributed by atoms with Crippen molar-refractivity contribution in [2.45, 2.75) is 13.0 Å². The lowest BCUT2D eigenvalue weighted by molar-refractivity contribution is -0.137. The largest absolute Gasteiger partial charge is 0.378 e. The van der Waals surface area contributed by atoms with E-state index in [0.29, 0.717) is 37.6 Å². The highest BCUT2D eigenvalue weighted by atomic mass is 19.1. The summed E-state index contributed by atoms with van der Waals surface area (Å²) in [6, 6.07) is 14.9. The summed E-state index contributed by atoms with van der Waals surface area (Å²) in [5.41, 5.74) is -0.00891. The molecule has 1 atom stereocenters. The number of carbonyl (C=O) groups is 2. The highest BCUT2D eigenvalue weighted by Gasteiger charge is 2.30. The van der Waals surface area contributed by atoms with E-state index in [4.69, 9.17) is 4.74 Å². The molecule has 8 nitrogen and oxygen atoms in total. The van der Waals surface area contributed by atoms with Crippen molar-refractivity contribution in [3.05, 3.63) is 93.7 Å². The number of halogens is 1. The zero-order chi connectivity index (χ0) is 23.4. The third-order valence-electron chi connectivity index (χ3n) is 5.38. The normalized spacial score (nSPS) is 14.5. The molecule has 0 spiro atoms. The third-order valence-corrected chi connectivity index (χ3v) is 5.38. The van der Waals surface area contributed by atoms with Crippen molar-refractivity contribution in [3.63, 3.8) is 0 Å². The second-order valence-electron chi connectivity index (χ2n) is 7.62. The first-order valence-electron chi connectivity index (χ1n) is 10.5. The number of morpholine rings is 1. The highest BCUT2D eigenvalue weighted by molar-refractivity contribution is 5.96. The fourth-order valence-corrected chi connectivity index (χ4v) is 3.67. The van der Waals surface area contributed by atoms with Crippen LogP contribution in [0.4, 0.5) is 4.39 Å². The fraction of sp³-hybridized carbons (Fsp3) is 0.250. The van der Waals surface area contributed by atoms with Gasteiger partial charge in [0, 0.05) is 24.8 Å². The van der Waals surface area contributed by atoms with Crippen LogP contribution in [0.5, 0.6) is 0 Å². The minimum absolute atomic E-state index is 0.105. The average molecular weight is 450 g/mol. The van der Waals surface area contributed by atoms with E-state index < -0.39 is 28.9 Å². The smallest absolute Gasteiger partial charge is 0.276 e. The summed E-state index contributed by atoms with van der Waals surface area (Å²) in [4.78, 5) is 40.6. The van der Waals surface area contributed by atoms with E-state index in [2.05, 4.69) is 10.4 Å². The van der Waals surface area contributed by atoms with Crippen molar-refractivity contribution in [3.8, 4) is 5.69 Å². The molecule has 3 aromatic rings. The standard InChI is InChI=1S/C24H23FN4O4/c1-16-15-20(30)22(27-29(16)19-10-6-5-9-18(19)25)23(31)26-21(17-7-3-2-4-8-17)24(32)28-11-13-33-14-12-28/h2-10,15,21H,11-14H2,1H3,(H,26,31)/t21-/m1/s1. The predicted octanol–water partition coefficient (Wildman–Crippen LogP) is 2.01. The van der Waals surface area contributed by atoms with Gasteiger partial charge in [0.05, 0.1) is 13.2 Å². The van der Waals surface area contributed by atoms with Crippen LogP contribution in [0, 0.1) is 12.7 Å². The Balaban J connectivity index is 1.68. The summed E-state index contributed by atoms with van der Waals surface area (Å²) >= 11 is 0. The molecular weight excluding hydrogens is 427 g/mol. The van der Waals surface area contributed by atoms with Gasteiger partial charge in [-0.05, 0) is 24.6 Å². The Labute approximate surface area is 189 Å². The van der Waals surface area contributed by atoms with Gasteiger partial charge in [-0.2, -0.15) is 5.10 Å². The van der Waals surface area contributed by atoms with E-state index in [-0.39, 0.29) is 11.6 Å². The first-order chi connectivity index (χ1) is 16.0. The molecule has 0 unspecified atom stereocenters. The van der Waals surface area contributed by atoms with Gasteiger partial charge in [0.1, 0.15) is 17.5 Å². The Bertz CT molecular complexity index is 1220. The second-order valence-corrected chi connectivity index (χ2v) is 7.62. The molecule has 0 radical (unpaired) electrons. The molecule has 2 aromatic carbocycles. The lowest BCUT2D eigenvalue weighted by Gasteiger charge is -2.30. The van der Waals surface area contributed by atoms with Gasteiger partial charge in [0.2, 0.25) is 11.3 Å². The van der Waals surface area contributed by atoms with Gasteiger partial charge in [-0.3, -0.25) is 14.4 Å². The molecule has 170 valence electrons. The summed E-state index contributed by atoms with van der Waals surface area (Å²) in [6.45, 7) is 3.22. The minimum atomic E-state index is -1.01. The molecule has 1 saturated heterocycles. The first kappa shape index (κ1) is 22.3. The van der Waals surface area contributed by atoms with Crippen molar-refractivity contribution < 1.29 is 18.7 Å². The van der Waals surface area contributed by atoms with E-state index in [1.165, 1.54) is 28.9 Å². The maximum absolute atomic E-state index is 14.3. The van der Waals surface area contributed by atoms with Gasteiger partial charge in [-0.25, -0.2) is 9.07 Å². The Hall–Kier alpha value is -3.85. The van der Waals surface area contributed by atoms with Crippen LogP contribution in [-0.4, -0.2) is 52.8 Å². The number of aromatic nitrogens is 2. The molecule has 2 heterocycles. The molecular formula is C24H23FN4O4. The van der Waals surface area contributed by atoms with Crippen molar-refractivity contribution >= 4 is 11.8 Å². The van der Waals surface area contributed by atoms with Crippen LogP contribution in [-0.2, 0) is 9.53 Å². The summed E-state index contributed by atoms with van der Waals surface area (Å²) in [5.74, 6) is -1.67. The molecule has 0 bridgehead atoms. The molecule has 1 aliphatic rings. The lowest BCUT2D eigenvalue weighted by Crippen LogP contribution is -2.48. The van der Waals surface area contributed by atoms with Crippen molar-refractivity contribution in [2.24, 2.45) is 0 Å². The van der Waals surface area contributed by atoms with Gasteiger partial charge in [0.25, 0.3) is 5.91 Å². The molecule has 0 saturated carbocycles. The van der Waals surface area contributed by atoms with Gasteiger partial charge in [0.15, 0.2) is 5.69 Å². The van der Waals surface area contributed by atoms with Crippen LogP contribution in [0.3, 0.4) is 0 Å². The number of carbonyl (C=O) groups excluding carboxylic acids is 2. The molecule has 1 N–H and O–H groups in total. The van der Waals surface area contributed by atoms with E-state index in [1.54, 1.807) is 48.2 Å². The van der Waals surface area contributed by atoms with Crippen LogP contribution in [0.2, 0.25) is 0 Å². The monoisotopic (exact) mass is 450 g/mol. The molecule has 1 fully saturated rings. The number of benzene rings is 2. The molecule has 1 aromatic heterocycles. The Kier molecular flexibility index (Phi) is 6.60. The summed E-state index contributed by atoms with van der Waals surface area (Å²) in [6.07, 6.45) is 0. The van der Waals surface area contributed by atoms with Crippen molar-refractivity contribution in [2.75, 3.05) is 26.3 Å². The third kappa shape index (κ3) is 4.83. The topological polar surface area (TPSA) is 93.5 Å². The quantitative estimate of drug-likeness (QED) is 0.642.